The predicted octanol–water partition coefficient (Wildman–Crippen LogP) is 0.536. The van der Waals surface area contributed by atoms with E-state index in [2.05, 4.69) is 15.9 Å². The van der Waals surface area contributed by atoms with Crippen molar-refractivity contribution in [3.05, 3.63) is 22.4 Å². The standard InChI is InChI=1S/C9H10BrFN2O3S/c10-6-1-9(8(12)2-7(6)11)17(15,16)13-3-5(14)4-13/h1-2,5,14H,3-4,12H2. The Balaban J connectivity index is 2.43. The molecule has 0 bridgehead atoms. The SMILES string of the molecule is Nc1cc(F)c(Br)cc1S(=O)(=O)N1CC(O)C1. The molecule has 0 aliphatic carbocycles. The second-order valence-corrected chi connectivity index (χ2v) is 6.54. The van der Waals surface area contributed by atoms with Crippen molar-refractivity contribution >= 4 is 31.6 Å². The quantitative estimate of drug-likeness (QED) is 0.777. The fourth-order valence-corrected chi connectivity index (χ4v) is 3.65. The van der Waals surface area contributed by atoms with Crippen LogP contribution in [0, 0.1) is 5.82 Å². The summed E-state index contributed by atoms with van der Waals surface area (Å²) in [5, 5.41) is 9.09. The Bertz CT molecular complexity index is 558. The highest BCUT2D eigenvalue weighted by Gasteiger charge is 2.36. The first-order valence-electron chi connectivity index (χ1n) is 4.75. The number of benzene rings is 1. The molecule has 0 saturated carbocycles. The third kappa shape index (κ3) is 2.17. The molecular formula is C9H10BrFN2O3S. The van der Waals surface area contributed by atoms with Gasteiger partial charge in [-0.25, -0.2) is 12.8 Å². The molecule has 2 rings (SSSR count). The maximum absolute atomic E-state index is 13.1. The van der Waals surface area contributed by atoms with Crippen LogP contribution in [0.25, 0.3) is 0 Å². The van der Waals surface area contributed by atoms with E-state index in [9.17, 15) is 12.8 Å². The molecule has 1 heterocycles. The van der Waals surface area contributed by atoms with Crippen molar-refractivity contribution in [2.24, 2.45) is 0 Å². The molecular weight excluding hydrogens is 315 g/mol. The molecule has 1 aliphatic rings. The summed E-state index contributed by atoms with van der Waals surface area (Å²) < 4.78 is 38.3. The number of nitrogens with zero attached hydrogens (tertiary/aromatic N) is 1. The summed E-state index contributed by atoms with van der Waals surface area (Å²) in [4.78, 5) is -0.155. The first-order chi connectivity index (χ1) is 7.82. The summed E-state index contributed by atoms with van der Waals surface area (Å²) in [5.74, 6) is -0.620. The van der Waals surface area contributed by atoms with Gasteiger partial charge in [0.2, 0.25) is 10.0 Å². The third-order valence-corrected chi connectivity index (χ3v) is 4.99. The Kier molecular flexibility index (Phi) is 3.15. The molecule has 8 heteroatoms. The van der Waals surface area contributed by atoms with Crippen molar-refractivity contribution < 1.29 is 17.9 Å². The Morgan fingerprint density at radius 3 is 2.59 bits per heavy atom. The van der Waals surface area contributed by atoms with E-state index >= 15 is 0 Å². The molecule has 0 unspecified atom stereocenters. The van der Waals surface area contributed by atoms with Gasteiger partial charge in [-0.1, -0.05) is 0 Å². The van der Waals surface area contributed by atoms with E-state index in [4.69, 9.17) is 10.8 Å². The largest absolute Gasteiger partial charge is 0.398 e. The molecule has 0 aromatic heterocycles. The number of sulfonamides is 1. The molecule has 17 heavy (non-hydrogen) atoms. The van der Waals surface area contributed by atoms with Crippen molar-refractivity contribution in [1.29, 1.82) is 0 Å². The number of rotatable bonds is 2. The Morgan fingerprint density at radius 1 is 1.47 bits per heavy atom. The lowest BCUT2D eigenvalue weighted by Gasteiger charge is -2.34. The minimum Gasteiger partial charge on any atom is -0.398 e. The monoisotopic (exact) mass is 324 g/mol. The summed E-state index contributed by atoms with van der Waals surface area (Å²) >= 11 is 2.91. The van der Waals surface area contributed by atoms with Crippen LogP contribution in [0.1, 0.15) is 0 Å². The van der Waals surface area contributed by atoms with Gasteiger partial charge in [0, 0.05) is 13.1 Å². The van der Waals surface area contributed by atoms with Gasteiger partial charge in [0.1, 0.15) is 10.7 Å². The second kappa shape index (κ2) is 4.20. The maximum atomic E-state index is 13.1. The van der Waals surface area contributed by atoms with Gasteiger partial charge in [-0.2, -0.15) is 4.31 Å². The second-order valence-electron chi connectivity index (χ2n) is 3.78. The smallest absolute Gasteiger partial charge is 0.245 e. The number of anilines is 1. The molecule has 1 aromatic rings. The van der Waals surface area contributed by atoms with Gasteiger partial charge >= 0.3 is 0 Å². The van der Waals surface area contributed by atoms with Crippen LogP contribution in [0.4, 0.5) is 10.1 Å². The van der Waals surface area contributed by atoms with Crippen LogP contribution < -0.4 is 5.73 Å². The normalized spacial score (nSPS) is 18.1. The van der Waals surface area contributed by atoms with E-state index in [0.29, 0.717) is 0 Å². The molecule has 1 saturated heterocycles. The van der Waals surface area contributed by atoms with Crippen LogP contribution in [0.2, 0.25) is 0 Å². The van der Waals surface area contributed by atoms with Gasteiger partial charge in [0.05, 0.1) is 16.3 Å². The summed E-state index contributed by atoms with van der Waals surface area (Å²) in [7, 11) is -3.75. The molecule has 0 amide bonds. The third-order valence-electron chi connectivity index (χ3n) is 2.50. The number of aliphatic hydroxyl groups is 1. The van der Waals surface area contributed by atoms with Gasteiger partial charge < -0.3 is 10.8 Å². The number of hydrogen-bond donors (Lipinski definition) is 2. The van der Waals surface area contributed by atoms with Crippen LogP contribution in [-0.2, 0) is 10.0 Å². The van der Waals surface area contributed by atoms with E-state index in [1.165, 1.54) is 0 Å². The van der Waals surface area contributed by atoms with Gasteiger partial charge in [0.15, 0.2) is 0 Å². The first-order valence-corrected chi connectivity index (χ1v) is 6.98. The summed E-state index contributed by atoms with van der Waals surface area (Å²) in [6.45, 7) is 0.0769. The topological polar surface area (TPSA) is 83.6 Å². The highest BCUT2D eigenvalue weighted by molar-refractivity contribution is 9.10. The molecule has 0 spiro atoms. The van der Waals surface area contributed by atoms with E-state index in [1.807, 2.05) is 0 Å². The summed E-state index contributed by atoms with van der Waals surface area (Å²) in [5.41, 5.74) is 5.35. The molecule has 0 atom stereocenters. The van der Waals surface area contributed by atoms with Crippen molar-refractivity contribution in [2.75, 3.05) is 18.8 Å². The van der Waals surface area contributed by atoms with Gasteiger partial charge in [-0.05, 0) is 28.1 Å². The zero-order valence-corrected chi connectivity index (χ0v) is 11.0. The van der Waals surface area contributed by atoms with Crippen LogP contribution in [-0.4, -0.2) is 37.0 Å². The highest BCUT2D eigenvalue weighted by Crippen LogP contribution is 2.30. The Labute approximate surface area is 106 Å². The summed E-state index contributed by atoms with van der Waals surface area (Å²) in [6.07, 6.45) is -0.644. The lowest BCUT2D eigenvalue weighted by atomic mass is 10.2. The minimum atomic E-state index is -3.75. The van der Waals surface area contributed by atoms with Crippen LogP contribution in [0.5, 0.6) is 0 Å². The molecule has 0 radical (unpaired) electrons. The van der Waals surface area contributed by atoms with Gasteiger partial charge in [0.25, 0.3) is 0 Å². The molecule has 5 nitrogen and oxygen atoms in total. The fourth-order valence-electron chi connectivity index (χ4n) is 1.52. The number of nitrogens with two attached hydrogens (primary N) is 1. The maximum Gasteiger partial charge on any atom is 0.245 e. The number of hydrogen-bond acceptors (Lipinski definition) is 4. The van der Waals surface area contributed by atoms with Gasteiger partial charge in [-0.3, -0.25) is 0 Å². The van der Waals surface area contributed by atoms with Crippen molar-refractivity contribution in [3.63, 3.8) is 0 Å². The van der Waals surface area contributed by atoms with Crippen molar-refractivity contribution in [1.82, 2.24) is 4.31 Å². The lowest BCUT2D eigenvalue weighted by molar-refractivity contribution is 0.0548. The summed E-state index contributed by atoms with van der Waals surface area (Å²) in [6, 6.07) is 2.08. The number of halogens is 2. The zero-order valence-electron chi connectivity index (χ0n) is 8.60. The molecule has 94 valence electrons. The predicted molar refractivity (Wildman–Crippen MR) is 63.3 cm³/mol. The molecule has 1 aromatic carbocycles. The minimum absolute atomic E-state index is 0.0337. The van der Waals surface area contributed by atoms with E-state index < -0.39 is 21.9 Å². The average molecular weight is 325 g/mol. The van der Waals surface area contributed by atoms with Crippen LogP contribution >= 0.6 is 15.9 Å². The molecule has 1 aliphatic heterocycles. The Morgan fingerprint density at radius 2 is 2.06 bits per heavy atom. The van der Waals surface area contributed by atoms with Crippen molar-refractivity contribution in [3.8, 4) is 0 Å². The number of β-amino-alcohol motifs (C(OH)–C–C–N with tert-alkyl or cyclic N) is 1. The Hall–Kier alpha value is -0.700. The number of aliphatic hydroxyl groups excluding tert-OH is 1. The lowest BCUT2D eigenvalue weighted by Crippen LogP contribution is -2.53. The van der Waals surface area contributed by atoms with E-state index in [0.717, 1.165) is 16.4 Å². The highest BCUT2D eigenvalue weighted by atomic mass is 79.9. The first kappa shape index (κ1) is 12.7. The van der Waals surface area contributed by atoms with Crippen LogP contribution in [0.15, 0.2) is 21.5 Å². The fraction of sp³-hybridized carbons (Fsp3) is 0.333. The zero-order chi connectivity index (χ0) is 12.8. The van der Waals surface area contributed by atoms with Crippen LogP contribution in [0.3, 0.4) is 0 Å². The average Bonchev–Trinajstić information content (AvgIpc) is 2.18. The number of nitrogen functional groups attached to an aromatic ring is 1. The molecule has 1 fully saturated rings. The van der Waals surface area contributed by atoms with Gasteiger partial charge in [-0.15, -0.1) is 0 Å². The van der Waals surface area contributed by atoms with E-state index in [-0.39, 0.29) is 28.1 Å². The molecule has 3 N–H and O–H groups in total. The van der Waals surface area contributed by atoms with E-state index in [1.54, 1.807) is 0 Å². The van der Waals surface area contributed by atoms with Crippen molar-refractivity contribution in [2.45, 2.75) is 11.0 Å².